The molecule has 30 heavy (non-hydrogen) atoms. The minimum Gasteiger partial charge on any atom is -0.378 e. The first-order valence-corrected chi connectivity index (χ1v) is 11.8. The van der Waals surface area contributed by atoms with Crippen LogP contribution in [-0.4, -0.2) is 62.2 Å². The predicted molar refractivity (Wildman–Crippen MR) is 121 cm³/mol. The highest BCUT2D eigenvalue weighted by molar-refractivity contribution is 7.98. The number of morpholine rings is 1. The van der Waals surface area contributed by atoms with Gasteiger partial charge in [-0.25, -0.2) is 0 Å². The Kier molecular flexibility index (Phi) is 6.75. The molecule has 0 spiro atoms. The Bertz CT molecular complexity index is 876. The van der Waals surface area contributed by atoms with Crippen LogP contribution >= 0.6 is 11.8 Å². The summed E-state index contributed by atoms with van der Waals surface area (Å²) in [7, 11) is 0. The van der Waals surface area contributed by atoms with Gasteiger partial charge in [-0.05, 0) is 55.5 Å². The van der Waals surface area contributed by atoms with Gasteiger partial charge in [-0.3, -0.25) is 9.59 Å². The molecule has 2 aromatic carbocycles. The number of hydrogen-bond donors (Lipinski definition) is 0. The smallest absolute Gasteiger partial charge is 0.253 e. The molecular formula is C24H28N2O3S. The second-order valence-corrected chi connectivity index (χ2v) is 8.71. The molecule has 0 N–H and O–H groups in total. The standard InChI is InChI=1S/C24H28N2O3S/c1-30-22-10-6-18(7-11-22)23(27)20-3-2-12-26(17-20)24(28)19-4-8-21(9-5-19)25-13-15-29-16-14-25/h4-11,20H,2-3,12-17H2,1H3/t20-/m1/s1. The van der Waals surface area contributed by atoms with E-state index in [2.05, 4.69) is 4.90 Å². The zero-order valence-corrected chi connectivity index (χ0v) is 18.2. The third-order valence-electron chi connectivity index (χ3n) is 5.94. The number of rotatable bonds is 5. The Labute approximate surface area is 182 Å². The van der Waals surface area contributed by atoms with Crippen LogP contribution in [0, 0.1) is 5.92 Å². The van der Waals surface area contributed by atoms with Gasteiger partial charge in [0.1, 0.15) is 0 Å². The third-order valence-corrected chi connectivity index (χ3v) is 6.69. The topological polar surface area (TPSA) is 49.9 Å². The number of likely N-dealkylation sites (tertiary alicyclic amines) is 1. The van der Waals surface area contributed by atoms with Crippen molar-refractivity contribution >= 4 is 29.1 Å². The van der Waals surface area contributed by atoms with Gasteiger partial charge < -0.3 is 14.5 Å². The minimum atomic E-state index is -0.129. The number of carbonyl (C=O) groups is 2. The van der Waals surface area contributed by atoms with Crippen LogP contribution in [0.1, 0.15) is 33.6 Å². The van der Waals surface area contributed by atoms with Crippen molar-refractivity contribution in [2.75, 3.05) is 50.5 Å². The number of ether oxygens (including phenoxy) is 1. The number of anilines is 1. The van der Waals surface area contributed by atoms with Crippen LogP contribution in [0.15, 0.2) is 53.4 Å². The van der Waals surface area contributed by atoms with E-state index in [-0.39, 0.29) is 17.6 Å². The quantitative estimate of drug-likeness (QED) is 0.537. The molecule has 2 aromatic rings. The van der Waals surface area contributed by atoms with Crippen LogP contribution in [0.4, 0.5) is 5.69 Å². The summed E-state index contributed by atoms with van der Waals surface area (Å²) in [6, 6.07) is 15.6. The highest BCUT2D eigenvalue weighted by Crippen LogP contribution is 2.25. The highest BCUT2D eigenvalue weighted by Gasteiger charge is 2.29. The minimum absolute atomic E-state index is 0.0127. The van der Waals surface area contributed by atoms with Crippen LogP contribution < -0.4 is 4.90 Å². The number of nitrogens with zero attached hydrogens (tertiary/aromatic N) is 2. The maximum absolute atomic E-state index is 13.1. The van der Waals surface area contributed by atoms with E-state index in [0.29, 0.717) is 18.7 Å². The molecule has 0 bridgehead atoms. The van der Waals surface area contributed by atoms with Crippen molar-refractivity contribution in [2.45, 2.75) is 17.7 Å². The fourth-order valence-electron chi connectivity index (χ4n) is 4.19. The number of thioether (sulfide) groups is 1. The lowest BCUT2D eigenvalue weighted by molar-refractivity contribution is 0.0637. The number of hydrogen-bond acceptors (Lipinski definition) is 5. The van der Waals surface area contributed by atoms with E-state index in [1.54, 1.807) is 11.8 Å². The molecule has 0 saturated carbocycles. The number of amides is 1. The largest absolute Gasteiger partial charge is 0.378 e. The maximum Gasteiger partial charge on any atom is 0.253 e. The zero-order valence-electron chi connectivity index (χ0n) is 17.4. The van der Waals surface area contributed by atoms with Gasteiger partial charge in [0, 0.05) is 53.8 Å². The number of piperidine rings is 1. The van der Waals surface area contributed by atoms with E-state index >= 15 is 0 Å². The average Bonchev–Trinajstić information content (AvgIpc) is 2.84. The summed E-state index contributed by atoms with van der Waals surface area (Å²) in [6.45, 7) is 4.43. The van der Waals surface area contributed by atoms with Gasteiger partial charge in [0.15, 0.2) is 5.78 Å². The summed E-state index contributed by atoms with van der Waals surface area (Å²) in [5.41, 5.74) is 2.54. The molecule has 0 radical (unpaired) electrons. The molecule has 0 unspecified atom stereocenters. The van der Waals surface area contributed by atoms with Crippen molar-refractivity contribution in [2.24, 2.45) is 5.92 Å². The molecule has 6 heteroatoms. The third kappa shape index (κ3) is 4.71. The van der Waals surface area contributed by atoms with Gasteiger partial charge in [-0.15, -0.1) is 11.8 Å². The van der Waals surface area contributed by atoms with Crippen LogP contribution in [0.3, 0.4) is 0 Å². The number of benzene rings is 2. The molecule has 1 amide bonds. The van der Waals surface area contributed by atoms with Crippen molar-refractivity contribution in [3.05, 3.63) is 59.7 Å². The van der Waals surface area contributed by atoms with Gasteiger partial charge in [0.25, 0.3) is 5.91 Å². The van der Waals surface area contributed by atoms with Crippen molar-refractivity contribution < 1.29 is 14.3 Å². The number of Topliss-reactive ketones (excluding diaryl/α,β-unsaturated/α-hetero) is 1. The lowest BCUT2D eigenvalue weighted by Gasteiger charge is -2.32. The molecule has 2 aliphatic heterocycles. The van der Waals surface area contributed by atoms with Crippen LogP contribution in [-0.2, 0) is 4.74 Å². The highest BCUT2D eigenvalue weighted by atomic mass is 32.2. The number of carbonyl (C=O) groups excluding carboxylic acids is 2. The Morgan fingerprint density at radius 2 is 1.60 bits per heavy atom. The van der Waals surface area contributed by atoms with Crippen molar-refractivity contribution in [3.63, 3.8) is 0 Å². The van der Waals surface area contributed by atoms with Crippen LogP contribution in [0.2, 0.25) is 0 Å². The predicted octanol–water partition coefficient (Wildman–Crippen LogP) is 3.98. The first kappa shape index (κ1) is 20.9. The van der Waals surface area contributed by atoms with E-state index in [9.17, 15) is 9.59 Å². The van der Waals surface area contributed by atoms with Crippen LogP contribution in [0.5, 0.6) is 0 Å². The molecule has 2 fully saturated rings. The SMILES string of the molecule is CSc1ccc(C(=O)[C@@H]2CCCN(C(=O)c3ccc(N4CCOCC4)cc3)C2)cc1. The molecule has 5 nitrogen and oxygen atoms in total. The lowest BCUT2D eigenvalue weighted by atomic mass is 9.89. The van der Waals surface area contributed by atoms with Gasteiger partial charge in [0.2, 0.25) is 0 Å². The fraction of sp³-hybridized carbons (Fsp3) is 0.417. The summed E-state index contributed by atoms with van der Waals surface area (Å²) in [5.74, 6) is 0.0250. The van der Waals surface area contributed by atoms with Gasteiger partial charge in [0.05, 0.1) is 13.2 Å². The Hall–Kier alpha value is -2.31. The molecule has 0 aromatic heterocycles. The summed E-state index contributed by atoms with van der Waals surface area (Å²) >= 11 is 1.66. The first-order chi connectivity index (χ1) is 14.7. The van der Waals surface area contributed by atoms with Gasteiger partial charge in [-0.2, -0.15) is 0 Å². The van der Waals surface area contributed by atoms with Crippen LogP contribution in [0.25, 0.3) is 0 Å². The average molecular weight is 425 g/mol. The molecule has 2 heterocycles. The van der Waals surface area contributed by atoms with Crippen molar-refractivity contribution in [1.29, 1.82) is 0 Å². The second-order valence-electron chi connectivity index (χ2n) is 7.83. The van der Waals surface area contributed by atoms with Gasteiger partial charge in [-0.1, -0.05) is 12.1 Å². The Morgan fingerprint density at radius 1 is 0.933 bits per heavy atom. The van der Waals surface area contributed by atoms with E-state index in [1.165, 1.54) is 0 Å². The van der Waals surface area contributed by atoms with E-state index in [0.717, 1.165) is 55.3 Å². The lowest BCUT2D eigenvalue weighted by Crippen LogP contribution is -2.42. The summed E-state index contributed by atoms with van der Waals surface area (Å²) < 4.78 is 5.40. The molecule has 2 aliphatic rings. The van der Waals surface area contributed by atoms with Gasteiger partial charge >= 0.3 is 0 Å². The molecule has 4 rings (SSSR count). The molecule has 0 aliphatic carbocycles. The summed E-state index contributed by atoms with van der Waals surface area (Å²) in [5, 5.41) is 0. The summed E-state index contributed by atoms with van der Waals surface area (Å²) in [6.07, 6.45) is 3.72. The van der Waals surface area contributed by atoms with E-state index in [4.69, 9.17) is 4.74 Å². The van der Waals surface area contributed by atoms with Crippen molar-refractivity contribution in [1.82, 2.24) is 4.90 Å². The van der Waals surface area contributed by atoms with E-state index in [1.807, 2.05) is 59.7 Å². The fourth-order valence-corrected chi connectivity index (χ4v) is 4.59. The molecule has 1 atom stereocenters. The normalized spacial score (nSPS) is 19.6. The molecule has 2 saturated heterocycles. The number of ketones is 1. The maximum atomic E-state index is 13.1. The Balaban J connectivity index is 1.40. The zero-order chi connectivity index (χ0) is 20.9. The molecular weight excluding hydrogens is 396 g/mol. The van der Waals surface area contributed by atoms with Crippen molar-refractivity contribution in [3.8, 4) is 0 Å². The first-order valence-electron chi connectivity index (χ1n) is 10.6. The Morgan fingerprint density at radius 3 is 2.27 bits per heavy atom. The summed E-state index contributed by atoms with van der Waals surface area (Å²) in [4.78, 5) is 31.3. The molecule has 158 valence electrons. The monoisotopic (exact) mass is 424 g/mol. The second kappa shape index (κ2) is 9.67. The van der Waals surface area contributed by atoms with E-state index < -0.39 is 0 Å².